The summed E-state index contributed by atoms with van der Waals surface area (Å²) in [6.07, 6.45) is 4.11. The number of rotatable bonds is 4. The van der Waals surface area contributed by atoms with Crippen molar-refractivity contribution in [1.29, 1.82) is 0 Å². The van der Waals surface area contributed by atoms with Crippen LogP contribution in [-0.2, 0) is 0 Å². The SMILES string of the molecule is O=C(CN1CCCC(c2nc3ccccc3s2)C1)c1c[nH]c2ccccc12. The zero-order valence-electron chi connectivity index (χ0n) is 15.0. The Morgan fingerprint density at radius 3 is 2.96 bits per heavy atom. The summed E-state index contributed by atoms with van der Waals surface area (Å²) in [4.78, 5) is 23.2. The molecule has 4 nitrogen and oxygen atoms in total. The molecule has 4 aromatic rings. The first-order valence-corrected chi connectivity index (χ1v) is 10.3. The van der Waals surface area contributed by atoms with Gasteiger partial charge in [0.1, 0.15) is 0 Å². The summed E-state index contributed by atoms with van der Waals surface area (Å²) in [6, 6.07) is 16.3. The molecular weight excluding hydrogens is 354 g/mol. The van der Waals surface area contributed by atoms with Crippen molar-refractivity contribution in [3.05, 3.63) is 65.3 Å². The lowest BCUT2D eigenvalue weighted by Crippen LogP contribution is -2.38. The maximum atomic E-state index is 12.9. The Hall–Kier alpha value is -2.50. The number of hydrogen-bond acceptors (Lipinski definition) is 4. The van der Waals surface area contributed by atoms with Gasteiger partial charge in [-0.3, -0.25) is 9.69 Å². The van der Waals surface area contributed by atoms with Gasteiger partial charge in [0.2, 0.25) is 0 Å². The number of nitrogens with zero attached hydrogens (tertiary/aromatic N) is 2. The summed E-state index contributed by atoms with van der Waals surface area (Å²) in [6.45, 7) is 2.37. The van der Waals surface area contributed by atoms with Gasteiger partial charge >= 0.3 is 0 Å². The molecule has 1 aliphatic rings. The van der Waals surface area contributed by atoms with Crippen molar-refractivity contribution in [2.24, 2.45) is 0 Å². The number of nitrogens with one attached hydrogen (secondary N) is 1. The fourth-order valence-corrected chi connectivity index (χ4v) is 5.15. The molecule has 1 aliphatic heterocycles. The number of Topliss-reactive ketones (excluding diaryl/α,β-unsaturated/α-hetero) is 1. The van der Waals surface area contributed by atoms with Gasteiger partial charge in [-0.15, -0.1) is 11.3 Å². The molecule has 0 bridgehead atoms. The topological polar surface area (TPSA) is 49.0 Å². The van der Waals surface area contributed by atoms with E-state index in [0.29, 0.717) is 12.5 Å². The number of para-hydroxylation sites is 2. The molecule has 1 saturated heterocycles. The van der Waals surface area contributed by atoms with E-state index in [1.807, 2.05) is 36.5 Å². The quantitative estimate of drug-likeness (QED) is 0.519. The van der Waals surface area contributed by atoms with Gasteiger partial charge in [-0.25, -0.2) is 4.98 Å². The van der Waals surface area contributed by atoms with Crippen LogP contribution in [0.4, 0.5) is 0 Å². The minimum Gasteiger partial charge on any atom is -0.360 e. The van der Waals surface area contributed by atoms with Crippen LogP contribution in [0.25, 0.3) is 21.1 Å². The van der Waals surface area contributed by atoms with Crippen LogP contribution in [0.2, 0.25) is 0 Å². The minimum absolute atomic E-state index is 0.192. The van der Waals surface area contributed by atoms with Crippen LogP contribution >= 0.6 is 11.3 Å². The third-order valence-electron chi connectivity index (χ3n) is 5.42. The molecule has 3 heterocycles. The van der Waals surface area contributed by atoms with Crippen molar-refractivity contribution in [1.82, 2.24) is 14.9 Å². The largest absolute Gasteiger partial charge is 0.360 e. The molecule has 2 aromatic carbocycles. The fourth-order valence-electron chi connectivity index (χ4n) is 4.06. The molecule has 5 heteroatoms. The number of carbonyl (C=O) groups is 1. The molecule has 1 atom stereocenters. The van der Waals surface area contributed by atoms with Crippen molar-refractivity contribution < 1.29 is 4.79 Å². The molecule has 0 aliphatic carbocycles. The highest BCUT2D eigenvalue weighted by molar-refractivity contribution is 7.18. The van der Waals surface area contributed by atoms with Gasteiger partial charge in [-0.2, -0.15) is 0 Å². The van der Waals surface area contributed by atoms with Crippen molar-refractivity contribution in [3.8, 4) is 0 Å². The molecule has 5 rings (SSSR count). The van der Waals surface area contributed by atoms with Gasteiger partial charge in [-0.1, -0.05) is 30.3 Å². The lowest BCUT2D eigenvalue weighted by molar-refractivity contribution is 0.0908. The van der Waals surface area contributed by atoms with Crippen molar-refractivity contribution in [2.75, 3.05) is 19.6 Å². The standard InChI is InChI=1S/C22H21N3OS/c26-20(17-12-23-18-8-2-1-7-16(17)18)14-25-11-5-6-15(13-25)22-24-19-9-3-4-10-21(19)27-22/h1-4,7-10,12,15,23H,5-6,11,13-14H2. The average Bonchev–Trinajstić information content (AvgIpc) is 3.32. The predicted molar refractivity (Wildman–Crippen MR) is 111 cm³/mol. The van der Waals surface area contributed by atoms with Crippen LogP contribution in [0.15, 0.2) is 54.7 Å². The van der Waals surface area contributed by atoms with Gasteiger partial charge in [0.25, 0.3) is 0 Å². The average molecular weight is 375 g/mol. The van der Waals surface area contributed by atoms with Crippen LogP contribution in [0, 0.1) is 0 Å². The zero-order valence-corrected chi connectivity index (χ0v) is 15.8. The van der Waals surface area contributed by atoms with E-state index >= 15 is 0 Å². The minimum atomic E-state index is 0.192. The Morgan fingerprint density at radius 2 is 2.04 bits per heavy atom. The van der Waals surface area contributed by atoms with E-state index in [9.17, 15) is 4.79 Å². The fraction of sp³-hybridized carbons (Fsp3) is 0.273. The molecule has 1 N–H and O–H groups in total. The second kappa shape index (κ2) is 6.91. The van der Waals surface area contributed by atoms with Gasteiger partial charge in [0, 0.05) is 35.1 Å². The Balaban J connectivity index is 1.33. The molecule has 2 aromatic heterocycles. The molecule has 136 valence electrons. The van der Waals surface area contributed by atoms with Crippen LogP contribution < -0.4 is 0 Å². The smallest absolute Gasteiger partial charge is 0.178 e. The van der Waals surface area contributed by atoms with E-state index in [-0.39, 0.29) is 5.78 Å². The third-order valence-corrected chi connectivity index (χ3v) is 6.62. The number of piperidine rings is 1. The highest BCUT2D eigenvalue weighted by Crippen LogP contribution is 2.33. The van der Waals surface area contributed by atoms with Gasteiger partial charge in [0.05, 0.1) is 21.8 Å². The normalized spacial score (nSPS) is 18.3. The summed E-state index contributed by atoms with van der Waals surface area (Å²) in [7, 11) is 0. The zero-order chi connectivity index (χ0) is 18.2. The lowest BCUT2D eigenvalue weighted by Gasteiger charge is -2.31. The number of benzene rings is 2. The van der Waals surface area contributed by atoms with Crippen molar-refractivity contribution in [2.45, 2.75) is 18.8 Å². The van der Waals surface area contributed by atoms with Crippen molar-refractivity contribution >= 4 is 38.2 Å². The second-order valence-corrected chi connectivity index (χ2v) is 8.33. The summed E-state index contributed by atoms with van der Waals surface area (Å²) in [5.74, 6) is 0.615. The summed E-state index contributed by atoms with van der Waals surface area (Å²) < 4.78 is 1.25. The first-order chi connectivity index (χ1) is 13.3. The van der Waals surface area contributed by atoms with Crippen LogP contribution in [0.1, 0.15) is 34.1 Å². The molecule has 0 radical (unpaired) electrons. The number of hydrogen-bond donors (Lipinski definition) is 1. The Bertz CT molecular complexity index is 1080. The molecule has 1 fully saturated rings. The Morgan fingerprint density at radius 1 is 1.19 bits per heavy atom. The van der Waals surface area contributed by atoms with E-state index in [0.717, 1.165) is 47.9 Å². The van der Waals surface area contributed by atoms with E-state index in [1.54, 1.807) is 11.3 Å². The van der Waals surface area contributed by atoms with Crippen LogP contribution in [0.3, 0.4) is 0 Å². The molecular formula is C22H21N3OS. The van der Waals surface area contributed by atoms with E-state index in [1.165, 1.54) is 9.71 Å². The number of thiazole rings is 1. The van der Waals surface area contributed by atoms with E-state index < -0.39 is 0 Å². The maximum absolute atomic E-state index is 12.9. The second-order valence-electron chi connectivity index (χ2n) is 7.27. The third kappa shape index (κ3) is 3.17. The van der Waals surface area contributed by atoms with Gasteiger partial charge in [-0.05, 0) is 37.6 Å². The first kappa shape index (κ1) is 16.7. The van der Waals surface area contributed by atoms with Crippen LogP contribution in [-0.4, -0.2) is 40.3 Å². The molecule has 0 saturated carbocycles. The first-order valence-electron chi connectivity index (χ1n) is 9.45. The number of carbonyl (C=O) groups excluding carboxylic acids is 1. The van der Waals surface area contributed by atoms with Crippen LogP contribution in [0.5, 0.6) is 0 Å². The highest BCUT2D eigenvalue weighted by atomic mass is 32.1. The Kier molecular flexibility index (Phi) is 4.26. The summed E-state index contributed by atoms with van der Waals surface area (Å²) in [5, 5.41) is 2.22. The van der Waals surface area contributed by atoms with E-state index in [2.05, 4.69) is 28.1 Å². The molecule has 0 amide bonds. The molecule has 27 heavy (non-hydrogen) atoms. The van der Waals surface area contributed by atoms with Crippen molar-refractivity contribution in [3.63, 3.8) is 0 Å². The number of likely N-dealkylation sites (tertiary alicyclic amines) is 1. The number of aromatic amines is 1. The monoisotopic (exact) mass is 375 g/mol. The maximum Gasteiger partial charge on any atom is 0.178 e. The molecule has 1 unspecified atom stereocenters. The summed E-state index contributed by atoms with van der Waals surface area (Å²) >= 11 is 1.80. The highest BCUT2D eigenvalue weighted by Gasteiger charge is 2.26. The Labute approximate surface area is 161 Å². The van der Waals surface area contributed by atoms with Gasteiger partial charge in [0.15, 0.2) is 5.78 Å². The lowest BCUT2D eigenvalue weighted by atomic mass is 9.98. The van der Waals surface area contributed by atoms with Gasteiger partial charge < -0.3 is 4.98 Å². The predicted octanol–water partition coefficient (Wildman–Crippen LogP) is 4.84. The number of H-pyrrole nitrogens is 1. The summed E-state index contributed by atoms with van der Waals surface area (Å²) in [5.41, 5.74) is 2.91. The number of fused-ring (bicyclic) bond motifs is 2. The molecule has 0 spiro atoms. The van der Waals surface area contributed by atoms with E-state index in [4.69, 9.17) is 4.98 Å². The number of ketones is 1. The number of aromatic nitrogens is 2.